The van der Waals surface area contributed by atoms with E-state index in [-0.39, 0.29) is 11.5 Å². The fraction of sp³-hybridized carbons (Fsp3) is 0.150. The van der Waals surface area contributed by atoms with Gasteiger partial charge in [-0.25, -0.2) is 9.79 Å². The highest BCUT2D eigenvalue weighted by atomic mass is 35.5. The van der Waals surface area contributed by atoms with Gasteiger partial charge in [-0.15, -0.1) is 0 Å². The Morgan fingerprint density at radius 3 is 2.36 bits per heavy atom. The van der Waals surface area contributed by atoms with Crippen molar-refractivity contribution < 1.29 is 24.3 Å². The molecule has 2 aromatic rings. The second-order valence-corrected chi connectivity index (χ2v) is 6.96. The van der Waals surface area contributed by atoms with E-state index in [0.717, 1.165) is 0 Å². The number of anilines is 1. The summed E-state index contributed by atoms with van der Waals surface area (Å²) in [4.78, 5) is 52.1. The van der Waals surface area contributed by atoms with E-state index >= 15 is 0 Å². The zero-order valence-corrected chi connectivity index (χ0v) is 17.9. The van der Waals surface area contributed by atoms with Crippen molar-refractivity contribution in [3.63, 3.8) is 0 Å². The molecule has 33 heavy (non-hydrogen) atoms. The van der Waals surface area contributed by atoms with E-state index in [0.29, 0.717) is 16.4 Å². The number of imide groups is 1. The van der Waals surface area contributed by atoms with Crippen LogP contribution in [0.4, 0.5) is 16.2 Å². The Balaban J connectivity index is 1.82. The number of aliphatic imine (C=N–C) groups is 1. The van der Waals surface area contributed by atoms with Crippen molar-refractivity contribution in [3.8, 4) is 0 Å². The lowest BCUT2D eigenvalue weighted by atomic mass is 10.2. The van der Waals surface area contributed by atoms with Crippen molar-refractivity contribution in [1.29, 1.82) is 0 Å². The van der Waals surface area contributed by atoms with Crippen molar-refractivity contribution in [2.24, 2.45) is 16.5 Å². The molecule has 2 aromatic carbocycles. The molecule has 1 atom stereocenters. The highest BCUT2D eigenvalue weighted by Crippen LogP contribution is 2.14. The average molecular weight is 476 g/mol. The highest BCUT2D eigenvalue weighted by molar-refractivity contribution is 6.30. The number of hydrogen-bond acceptors (Lipinski definition) is 6. The van der Waals surface area contributed by atoms with Crippen LogP contribution in [0.2, 0.25) is 5.02 Å². The molecule has 5 amide bonds. The Bertz CT molecular complexity index is 1060. The molecule has 0 unspecified atom stereocenters. The SMILES string of the molecule is NC(N)=Nc1ccc(C(=O)NC(=O)CNC(=O)[C@H](CO)NC(=O)Nc2cccc(Cl)c2)cc1. The molecule has 2 rings (SSSR count). The number of halogens is 1. The van der Waals surface area contributed by atoms with Crippen molar-refractivity contribution >= 4 is 52.7 Å². The largest absolute Gasteiger partial charge is 0.394 e. The Morgan fingerprint density at radius 1 is 1.06 bits per heavy atom. The number of urea groups is 1. The van der Waals surface area contributed by atoms with Crippen LogP contribution < -0.4 is 32.7 Å². The van der Waals surface area contributed by atoms with Crippen LogP contribution in [0.1, 0.15) is 10.4 Å². The third kappa shape index (κ3) is 8.47. The molecule has 13 heteroatoms. The van der Waals surface area contributed by atoms with Gasteiger partial charge in [0, 0.05) is 16.3 Å². The predicted molar refractivity (Wildman–Crippen MR) is 122 cm³/mol. The first-order valence-corrected chi connectivity index (χ1v) is 9.81. The van der Waals surface area contributed by atoms with E-state index in [9.17, 15) is 24.3 Å². The zero-order valence-electron chi connectivity index (χ0n) is 17.2. The minimum absolute atomic E-state index is 0.143. The summed E-state index contributed by atoms with van der Waals surface area (Å²) in [6, 6.07) is 9.98. The summed E-state index contributed by atoms with van der Waals surface area (Å²) < 4.78 is 0. The van der Waals surface area contributed by atoms with Gasteiger partial charge in [-0.3, -0.25) is 19.7 Å². The molecule has 0 spiro atoms. The molecule has 12 nitrogen and oxygen atoms in total. The van der Waals surface area contributed by atoms with Gasteiger partial charge in [0.1, 0.15) is 6.04 Å². The van der Waals surface area contributed by atoms with Crippen LogP contribution in [0.15, 0.2) is 53.5 Å². The lowest BCUT2D eigenvalue weighted by molar-refractivity contribution is -0.127. The third-order valence-corrected chi connectivity index (χ3v) is 4.19. The van der Waals surface area contributed by atoms with Gasteiger partial charge in [0.25, 0.3) is 5.91 Å². The molecular formula is C20H22ClN7O5. The molecule has 0 saturated heterocycles. The number of carbonyl (C=O) groups is 4. The maximum absolute atomic E-state index is 12.2. The molecule has 0 aromatic heterocycles. The normalized spacial score (nSPS) is 11.0. The summed E-state index contributed by atoms with van der Waals surface area (Å²) in [5, 5.41) is 18.8. The molecule has 0 aliphatic heterocycles. The maximum Gasteiger partial charge on any atom is 0.319 e. The Kier molecular flexibility index (Phi) is 9.15. The number of benzene rings is 2. The predicted octanol–water partition coefficient (Wildman–Crippen LogP) is -0.200. The quantitative estimate of drug-likeness (QED) is 0.202. The van der Waals surface area contributed by atoms with Gasteiger partial charge in [0.15, 0.2) is 5.96 Å². The van der Waals surface area contributed by atoms with E-state index in [4.69, 9.17) is 23.1 Å². The van der Waals surface area contributed by atoms with Crippen LogP contribution in [0, 0.1) is 0 Å². The van der Waals surface area contributed by atoms with E-state index in [1.807, 2.05) is 0 Å². The molecule has 0 heterocycles. The first kappa shape index (κ1) is 25.1. The number of carbonyl (C=O) groups excluding carboxylic acids is 4. The molecule has 0 radical (unpaired) electrons. The van der Waals surface area contributed by atoms with Gasteiger partial charge in [-0.2, -0.15) is 0 Å². The Morgan fingerprint density at radius 2 is 1.76 bits per heavy atom. The fourth-order valence-corrected chi connectivity index (χ4v) is 2.65. The number of guanidine groups is 1. The minimum atomic E-state index is -1.34. The van der Waals surface area contributed by atoms with Crippen LogP contribution >= 0.6 is 11.6 Å². The number of hydrogen-bond donors (Lipinski definition) is 7. The summed E-state index contributed by atoms with van der Waals surface area (Å²) in [5.74, 6) is -2.48. The number of aliphatic hydroxyl groups excluding tert-OH is 1. The Labute approximate surface area is 193 Å². The summed E-state index contributed by atoms with van der Waals surface area (Å²) >= 11 is 5.83. The van der Waals surface area contributed by atoms with Crippen LogP contribution in [0.25, 0.3) is 0 Å². The lowest BCUT2D eigenvalue weighted by Gasteiger charge is -2.16. The number of rotatable bonds is 8. The number of amides is 5. The van der Waals surface area contributed by atoms with E-state index in [1.54, 1.807) is 18.2 Å². The number of aliphatic hydroxyl groups is 1. The second kappa shape index (κ2) is 12.0. The van der Waals surface area contributed by atoms with Crippen LogP contribution in [-0.2, 0) is 9.59 Å². The molecular weight excluding hydrogens is 454 g/mol. The number of nitrogens with one attached hydrogen (secondary N) is 4. The van der Waals surface area contributed by atoms with Crippen LogP contribution in [-0.4, -0.2) is 54.0 Å². The van der Waals surface area contributed by atoms with Crippen LogP contribution in [0.3, 0.4) is 0 Å². The molecule has 0 bridgehead atoms. The van der Waals surface area contributed by atoms with Gasteiger partial charge < -0.3 is 32.5 Å². The van der Waals surface area contributed by atoms with E-state index in [1.165, 1.54) is 30.3 Å². The minimum Gasteiger partial charge on any atom is -0.394 e. The molecule has 9 N–H and O–H groups in total. The standard InChI is InChI=1S/C20H22ClN7O5/c21-12-2-1-3-14(8-12)26-20(33)27-15(10-29)18(32)24-9-16(30)28-17(31)11-4-6-13(7-5-11)25-19(22)23/h1-8,15,29H,9-10H2,(H,24,32)(H4,22,23,25)(H2,26,27,33)(H,28,30,31)/t15-/m0/s1. The van der Waals surface area contributed by atoms with Gasteiger partial charge >= 0.3 is 6.03 Å². The van der Waals surface area contributed by atoms with Crippen molar-refractivity contribution in [2.75, 3.05) is 18.5 Å². The first-order valence-electron chi connectivity index (χ1n) is 9.43. The second-order valence-electron chi connectivity index (χ2n) is 6.52. The molecule has 0 saturated carbocycles. The Hall–Kier alpha value is -4.16. The smallest absolute Gasteiger partial charge is 0.319 e. The van der Waals surface area contributed by atoms with Gasteiger partial charge in [-0.1, -0.05) is 17.7 Å². The lowest BCUT2D eigenvalue weighted by Crippen LogP contribution is -2.52. The summed E-state index contributed by atoms with van der Waals surface area (Å²) in [6.45, 7) is -1.29. The maximum atomic E-state index is 12.2. The number of nitrogens with two attached hydrogens (primary N) is 2. The van der Waals surface area contributed by atoms with Gasteiger partial charge in [0.2, 0.25) is 11.8 Å². The van der Waals surface area contributed by atoms with Crippen molar-refractivity contribution in [1.82, 2.24) is 16.0 Å². The fourth-order valence-electron chi connectivity index (χ4n) is 2.46. The van der Waals surface area contributed by atoms with Crippen LogP contribution in [0.5, 0.6) is 0 Å². The summed E-state index contributed by atoms with van der Waals surface area (Å²) in [7, 11) is 0. The molecule has 0 aliphatic carbocycles. The molecule has 0 aliphatic rings. The number of nitrogens with zero attached hydrogens (tertiary/aromatic N) is 1. The topological polar surface area (TPSA) is 201 Å². The summed E-state index contributed by atoms with van der Waals surface area (Å²) in [5.41, 5.74) is 11.5. The molecule has 174 valence electrons. The van der Waals surface area contributed by atoms with Crippen molar-refractivity contribution in [2.45, 2.75) is 6.04 Å². The highest BCUT2D eigenvalue weighted by Gasteiger charge is 2.21. The zero-order chi connectivity index (χ0) is 24.4. The first-order chi connectivity index (χ1) is 15.7. The average Bonchev–Trinajstić information content (AvgIpc) is 2.75. The van der Waals surface area contributed by atoms with E-state index in [2.05, 4.69) is 26.3 Å². The van der Waals surface area contributed by atoms with Gasteiger partial charge in [-0.05, 0) is 42.5 Å². The summed E-state index contributed by atoms with van der Waals surface area (Å²) in [6.07, 6.45) is 0. The third-order valence-electron chi connectivity index (χ3n) is 3.95. The van der Waals surface area contributed by atoms with Gasteiger partial charge in [0.05, 0.1) is 18.8 Å². The molecule has 0 fully saturated rings. The monoisotopic (exact) mass is 475 g/mol. The van der Waals surface area contributed by atoms with Crippen molar-refractivity contribution in [3.05, 3.63) is 59.1 Å². The van der Waals surface area contributed by atoms with E-state index < -0.39 is 42.9 Å².